The van der Waals surface area contributed by atoms with Gasteiger partial charge in [-0.1, -0.05) is 20.3 Å². The Kier molecular flexibility index (Phi) is 2.94. The largest absolute Gasteiger partial charge is 0.348 e. The number of hydrogen-bond acceptors (Lipinski definition) is 3. The lowest BCUT2D eigenvalue weighted by Gasteiger charge is -2.35. The number of aromatic nitrogens is 3. The Balaban J connectivity index is 1.92. The lowest BCUT2D eigenvalue weighted by Crippen LogP contribution is -2.40. The van der Waals surface area contributed by atoms with E-state index in [0.717, 1.165) is 12.8 Å². The zero-order valence-electron chi connectivity index (χ0n) is 9.79. The highest BCUT2D eigenvalue weighted by molar-refractivity contribution is 5.91. The number of rotatable bonds is 2. The van der Waals surface area contributed by atoms with E-state index in [0.29, 0.717) is 11.1 Å². The Morgan fingerprint density at radius 1 is 1.62 bits per heavy atom. The predicted molar refractivity (Wildman–Crippen MR) is 59.9 cm³/mol. The molecule has 16 heavy (non-hydrogen) atoms. The molecular weight excluding hydrogens is 204 g/mol. The second kappa shape index (κ2) is 4.23. The van der Waals surface area contributed by atoms with Gasteiger partial charge in [-0.25, -0.2) is 0 Å². The maximum Gasteiger partial charge on any atom is 0.273 e. The highest BCUT2D eigenvalue weighted by Gasteiger charge is 2.29. The van der Waals surface area contributed by atoms with E-state index in [1.54, 1.807) is 0 Å². The third-order valence-electron chi connectivity index (χ3n) is 3.19. The monoisotopic (exact) mass is 222 g/mol. The minimum Gasteiger partial charge on any atom is -0.348 e. The molecule has 1 aromatic rings. The normalized spacial score (nSPS) is 24.0. The van der Waals surface area contributed by atoms with E-state index in [2.05, 4.69) is 34.6 Å². The number of amides is 1. The van der Waals surface area contributed by atoms with Crippen molar-refractivity contribution in [1.82, 2.24) is 20.7 Å². The van der Waals surface area contributed by atoms with E-state index >= 15 is 0 Å². The van der Waals surface area contributed by atoms with Gasteiger partial charge < -0.3 is 5.32 Å². The third kappa shape index (κ3) is 2.59. The zero-order valence-corrected chi connectivity index (χ0v) is 9.79. The summed E-state index contributed by atoms with van der Waals surface area (Å²) in [5, 5.41) is 12.9. The van der Waals surface area contributed by atoms with Crippen molar-refractivity contribution in [3.63, 3.8) is 0 Å². The second-order valence-electron chi connectivity index (χ2n) is 5.29. The van der Waals surface area contributed by atoms with Crippen LogP contribution in [0.4, 0.5) is 0 Å². The summed E-state index contributed by atoms with van der Waals surface area (Å²) in [6, 6.07) is 0.271. The molecule has 2 N–H and O–H groups in total. The van der Waals surface area contributed by atoms with Gasteiger partial charge in [-0.3, -0.25) is 4.79 Å². The number of H-pyrrole nitrogens is 1. The van der Waals surface area contributed by atoms with Crippen molar-refractivity contribution < 1.29 is 4.79 Å². The lowest BCUT2D eigenvalue weighted by atomic mass is 9.75. The van der Waals surface area contributed by atoms with Gasteiger partial charge in [0.2, 0.25) is 0 Å². The smallest absolute Gasteiger partial charge is 0.273 e. The molecule has 1 amide bonds. The Hall–Kier alpha value is -1.39. The van der Waals surface area contributed by atoms with E-state index in [-0.39, 0.29) is 11.9 Å². The lowest BCUT2D eigenvalue weighted by molar-refractivity contribution is 0.0897. The molecule has 1 saturated carbocycles. The summed E-state index contributed by atoms with van der Waals surface area (Å²) in [6.45, 7) is 4.50. The van der Waals surface area contributed by atoms with E-state index in [1.165, 1.54) is 19.0 Å². The van der Waals surface area contributed by atoms with Crippen molar-refractivity contribution in [2.24, 2.45) is 5.41 Å². The Morgan fingerprint density at radius 2 is 2.44 bits per heavy atom. The summed E-state index contributed by atoms with van der Waals surface area (Å²) in [5.41, 5.74) is 0.698. The SMILES string of the molecule is CC1(C)CCCC(NC(=O)c2cn[nH]n2)C1. The molecule has 0 radical (unpaired) electrons. The molecule has 0 aliphatic heterocycles. The molecule has 2 rings (SSSR count). The second-order valence-corrected chi connectivity index (χ2v) is 5.29. The number of nitrogens with one attached hydrogen (secondary N) is 2. The molecule has 1 heterocycles. The fraction of sp³-hybridized carbons (Fsp3) is 0.727. The summed E-state index contributed by atoms with van der Waals surface area (Å²) in [4.78, 5) is 11.8. The number of nitrogens with zero attached hydrogens (tertiary/aromatic N) is 2. The van der Waals surface area contributed by atoms with Crippen molar-refractivity contribution in [2.45, 2.75) is 45.6 Å². The molecule has 1 aliphatic rings. The molecule has 0 aromatic carbocycles. The maximum atomic E-state index is 11.8. The van der Waals surface area contributed by atoms with Crippen LogP contribution in [0.2, 0.25) is 0 Å². The quantitative estimate of drug-likeness (QED) is 0.796. The molecular formula is C11H18N4O. The van der Waals surface area contributed by atoms with Crippen LogP contribution in [0, 0.1) is 5.41 Å². The number of carbonyl (C=O) groups is 1. The number of hydrogen-bond donors (Lipinski definition) is 2. The summed E-state index contributed by atoms with van der Waals surface area (Å²) in [6.07, 6.45) is 5.97. The highest BCUT2D eigenvalue weighted by atomic mass is 16.2. The maximum absolute atomic E-state index is 11.8. The van der Waals surface area contributed by atoms with Gasteiger partial charge in [0.25, 0.3) is 5.91 Å². The molecule has 0 spiro atoms. The Bertz CT molecular complexity index is 358. The molecule has 0 bridgehead atoms. The van der Waals surface area contributed by atoms with Crippen molar-refractivity contribution >= 4 is 5.91 Å². The van der Waals surface area contributed by atoms with Crippen molar-refractivity contribution in [1.29, 1.82) is 0 Å². The summed E-state index contributed by atoms with van der Waals surface area (Å²) in [7, 11) is 0. The van der Waals surface area contributed by atoms with Gasteiger partial charge in [0, 0.05) is 6.04 Å². The van der Waals surface area contributed by atoms with Gasteiger partial charge in [0.05, 0.1) is 6.20 Å². The Morgan fingerprint density at radius 3 is 3.06 bits per heavy atom. The van der Waals surface area contributed by atoms with Crippen LogP contribution >= 0.6 is 0 Å². The van der Waals surface area contributed by atoms with Crippen LogP contribution in [-0.4, -0.2) is 27.4 Å². The van der Waals surface area contributed by atoms with E-state index in [1.807, 2.05) is 0 Å². The molecule has 1 aromatic heterocycles. The van der Waals surface area contributed by atoms with Crippen LogP contribution in [0.3, 0.4) is 0 Å². The minimum atomic E-state index is -0.128. The zero-order chi connectivity index (χ0) is 11.6. The van der Waals surface area contributed by atoms with Crippen LogP contribution in [0.15, 0.2) is 6.20 Å². The molecule has 5 nitrogen and oxygen atoms in total. The predicted octanol–water partition coefficient (Wildman–Crippen LogP) is 1.50. The molecule has 1 atom stereocenters. The van der Waals surface area contributed by atoms with Crippen LogP contribution in [0.25, 0.3) is 0 Å². The van der Waals surface area contributed by atoms with Crippen LogP contribution in [0.1, 0.15) is 50.0 Å². The first kappa shape index (κ1) is 11.1. The summed E-state index contributed by atoms with van der Waals surface area (Å²) in [5.74, 6) is -0.128. The molecule has 88 valence electrons. The average Bonchev–Trinajstić information content (AvgIpc) is 2.68. The van der Waals surface area contributed by atoms with E-state index in [9.17, 15) is 4.79 Å². The number of carbonyl (C=O) groups excluding carboxylic acids is 1. The standard InChI is InChI=1S/C11H18N4O/c1-11(2)5-3-4-8(6-11)13-10(16)9-7-12-15-14-9/h7-8H,3-6H2,1-2H3,(H,13,16)(H,12,14,15). The number of aromatic amines is 1. The topological polar surface area (TPSA) is 70.7 Å². The van der Waals surface area contributed by atoms with Crippen molar-refractivity contribution in [3.05, 3.63) is 11.9 Å². The first-order valence-corrected chi connectivity index (χ1v) is 5.73. The Labute approximate surface area is 95.0 Å². The van der Waals surface area contributed by atoms with Gasteiger partial charge in [0.15, 0.2) is 5.69 Å². The first-order chi connectivity index (χ1) is 7.57. The minimum absolute atomic E-state index is 0.128. The summed E-state index contributed by atoms with van der Waals surface area (Å²) >= 11 is 0. The molecule has 1 unspecified atom stereocenters. The van der Waals surface area contributed by atoms with Gasteiger partial charge in [-0.05, 0) is 24.7 Å². The molecule has 1 aliphatic carbocycles. The van der Waals surface area contributed by atoms with E-state index in [4.69, 9.17) is 0 Å². The molecule has 5 heteroatoms. The van der Waals surface area contributed by atoms with Crippen molar-refractivity contribution in [3.8, 4) is 0 Å². The van der Waals surface area contributed by atoms with Gasteiger partial charge in [-0.15, -0.1) is 0 Å². The fourth-order valence-electron chi connectivity index (χ4n) is 2.39. The first-order valence-electron chi connectivity index (χ1n) is 5.73. The van der Waals surface area contributed by atoms with Crippen LogP contribution in [0.5, 0.6) is 0 Å². The van der Waals surface area contributed by atoms with Crippen molar-refractivity contribution in [2.75, 3.05) is 0 Å². The third-order valence-corrected chi connectivity index (χ3v) is 3.19. The van der Waals surface area contributed by atoms with E-state index < -0.39 is 0 Å². The molecule has 1 fully saturated rings. The van der Waals surface area contributed by atoms with Gasteiger partial charge >= 0.3 is 0 Å². The average molecular weight is 222 g/mol. The van der Waals surface area contributed by atoms with Gasteiger partial charge in [-0.2, -0.15) is 15.4 Å². The highest BCUT2D eigenvalue weighted by Crippen LogP contribution is 2.35. The summed E-state index contributed by atoms with van der Waals surface area (Å²) < 4.78 is 0. The fourth-order valence-corrected chi connectivity index (χ4v) is 2.39. The van der Waals surface area contributed by atoms with Crippen LogP contribution < -0.4 is 5.32 Å². The van der Waals surface area contributed by atoms with Gasteiger partial charge in [0.1, 0.15) is 0 Å². The molecule has 0 saturated heterocycles. The van der Waals surface area contributed by atoms with Crippen LogP contribution in [-0.2, 0) is 0 Å².